The molecule has 2 N–H and O–H groups in total. The number of alkyl halides is 2. The van der Waals surface area contributed by atoms with Gasteiger partial charge in [-0.3, -0.25) is 4.79 Å². The van der Waals surface area contributed by atoms with E-state index in [1.807, 2.05) is 6.92 Å². The van der Waals surface area contributed by atoms with E-state index in [-0.39, 0.29) is 0 Å². The van der Waals surface area contributed by atoms with Gasteiger partial charge in [-0.15, -0.1) is 0 Å². The van der Waals surface area contributed by atoms with Crippen LogP contribution in [0.3, 0.4) is 0 Å². The van der Waals surface area contributed by atoms with Gasteiger partial charge in [0, 0.05) is 12.0 Å². The third-order valence-corrected chi connectivity index (χ3v) is 2.66. The van der Waals surface area contributed by atoms with E-state index in [1.165, 1.54) is 6.07 Å². The molecule has 19 heavy (non-hydrogen) atoms. The summed E-state index contributed by atoms with van der Waals surface area (Å²) >= 11 is 0. The molecule has 1 aromatic carbocycles. The van der Waals surface area contributed by atoms with Gasteiger partial charge in [-0.2, -0.15) is 0 Å². The Kier molecular flexibility index (Phi) is 5.41. The lowest BCUT2D eigenvalue weighted by atomic mass is 10.0. The topological polar surface area (TPSA) is 66.4 Å². The number of carboxylic acid groups (broad SMARTS) is 1. The summed E-state index contributed by atoms with van der Waals surface area (Å²) in [6, 6.07) is 5.07. The van der Waals surface area contributed by atoms with E-state index >= 15 is 0 Å². The molecule has 6 heteroatoms. The van der Waals surface area contributed by atoms with Crippen molar-refractivity contribution in [3.8, 4) is 0 Å². The van der Waals surface area contributed by atoms with Gasteiger partial charge in [0.15, 0.2) is 0 Å². The predicted molar refractivity (Wildman–Crippen MR) is 65.3 cm³/mol. The average molecular weight is 271 g/mol. The first-order chi connectivity index (χ1) is 8.95. The Hall–Kier alpha value is -1.98. The molecule has 1 amide bonds. The van der Waals surface area contributed by atoms with Crippen LogP contribution in [-0.2, 0) is 11.2 Å². The van der Waals surface area contributed by atoms with Crippen LogP contribution in [0.25, 0.3) is 0 Å². The summed E-state index contributed by atoms with van der Waals surface area (Å²) in [5.41, 5.74) is 1.05. The number of carbonyl (C=O) groups is 2. The summed E-state index contributed by atoms with van der Waals surface area (Å²) < 4.78 is 24.5. The van der Waals surface area contributed by atoms with E-state index in [9.17, 15) is 18.4 Å². The number of carboxylic acids is 1. The van der Waals surface area contributed by atoms with Crippen LogP contribution in [0.5, 0.6) is 0 Å². The molecule has 0 aromatic heterocycles. The molecular formula is C13H15F2NO3. The fraction of sp³-hybridized carbons (Fsp3) is 0.385. The Morgan fingerprint density at radius 2 is 1.95 bits per heavy atom. The van der Waals surface area contributed by atoms with Gasteiger partial charge < -0.3 is 10.4 Å². The van der Waals surface area contributed by atoms with Crippen LogP contribution in [-0.4, -0.2) is 29.5 Å². The highest BCUT2D eigenvalue weighted by molar-refractivity contribution is 5.97. The zero-order chi connectivity index (χ0) is 14.4. The largest absolute Gasteiger partial charge is 0.480 e. The van der Waals surface area contributed by atoms with Crippen LogP contribution in [0.2, 0.25) is 0 Å². The predicted octanol–water partition coefficient (Wildman–Crippen LogP) is 2.09. The van der Waals surface area contributed by atoms with Crippen LogP contribution in [0.4, 0.5) is 8.78 Å². The minimum absolute atomic E-state index is 0.311. The number of carbonyl (C=O) groups excluding carboxylic acids is 1. The van der Waals surface area contributed by atoms with E-state index in [0.29, 0.717) is 12.0 Å². The first-order valence-corrected chi connectivity index (χ1v) is 5.85. The molecule has 0 bridgehead atoms. The molecule has 0 radical (unpaired) electrons. The van der Waals surface area contributed by atoms with E-state index < -0.39 is 30.8 Å². The summed E-state index contributed by atoms with van der Waals surface area (Å²) in [6.07, 6.45) is -3.10. The first-order valence-electron chi connectivity index (χ1n) is 5.85. The van der Waals surface area contributed by atoms with Crippen LogP contribution in [0, 0.1) is 0 Å². The number of amides is 1. The second kappa shape index (κ2) is 6.82. The number of hydrogen-bond acceptors (Lipinski definition) is 2. The fourth-order valence-electron chi connectivity index (χ4n) is 1.69. The Morgan fingerprint density at radius 1 is 1.32 bits per heavy atom. The van der Waals surface area contributed by atoms with E-state index in [1.54, 1.807) is 18.2 Å². The molecule has 0 fully saturated rings. The molecule has 104 valence electrons. The highest BCUT2D eigenvalue weighted by atomic mass is 19.3. The number of rotatable bonds is 6. The van der Waals surface area contributed by atoms with Gasteiger partial charge >= 0.3 is 5.97 Å². The van der Waals surface area contributed by atoms with E-state index in [4.69, 9.17) is 5.11 Å². The minimum atomic E-state index is -2.79. The van der Waals surface area contributed by atoms with E-state index in [0.717, 1.165) is 5.56 Å². The molecule has 0 aliphatic rings. The number of benzene rings is 1. The molecule has 0 saturated carbocycles. The molecule has 0 aliphatic carbocycles. The van der Waals surface area contributed by atoms with Gasteiger partial charge in [0.25, 0.3) is 5.91 Å². The van der Waals surface area contributed by atoms with Crippen molar-refractivity contribution in [3.63, 3.8) is 0 Å². The SMILES string of the molecule is CCc1ccccc1C(=O)NC(CC(F)F)C(=O)O. The summed E-state index contributed by atoms with van der Waals surface area (Å²) in [4.78, 5) is 22.7. The maximum absolute atomic E-state index is 12.2. The number of hydrogen-bond donors (Lipinski definition) is 2. The summed E-state index contributed by atoms with van der Waals surface area (Å²) in [7, 11) is 0. The summed E-state index contributed by atoms with van der Waals surface area (Å²) in [5, 5.41) is 10.9. The lowest BCUT2D eigenvalue weighted by Crippen LogP contribution is -2.42. The zero-order valence-corrected chi connectivity index (χ0v) is 10.4. The van der Waals surface area contributed by atoms with Gasteiger partial charge in [0.05, 0.1) is 0 Å². The second-order valence-electron chi connectivity index (χ2n) is 4.00. The molecule has 1 atom stereocenters. The van der Waals surface area contributed by atoms with Gasteiger partial charge in [-0.25, -0.2) is 13.6 Å². The molecule has 1 aromatic rings. The molecule has 0 saturated heterocycles. The molecule has 4 nitrogen and oxygen atoms in total. The maximum atomic E-state index is 12.2. The van der Waals surface area contributed by atoms with Crippen molar-refractivity contribution in [1.82, 2.24) is 5.32 Å². The Bertz CT molecular complexity index is 463. The molecule has 0 aliphatic heterocycles. The van der Waals surface area contributed by atoms with Gasteiger partial charge in [-0.05, 0) is 18.1 Å². The number of nitrogens with one attached hydrogen (secondary N) is 1. The zero-order valence-electron chi connectivity index (χ0n) is 10.4. The Morgan fingerprint density at radius 3 is 2.47 bits per heavy atom. The molecule has 0 spiro atoms. The molecular weight excluding hydrogens is 256 g/mol. The normalized spacial score (nSPS) is 12.2. The smallest absolute Gasteiger partial charge is 0.326 e. The van der Waals surface area contributed by atoms with Crippen LogP contribution >= 0.6 is 0 Å². The quantitative estimate of drug-likeness (QED) is 0.832. The minimum Gasteiger partial charge on any atom is -0.480 e. The Balaban J connectivity index is 2.84. The Labute approximate surface area is 109 Å². The lowest BCUT2D eigenvalue weighted by Gasteiger charge is -2.15. The third kappa shape index (κ3) is 4.31. The number of aliphatic carboxylic acids is 1. The second-order valence-corrected chi connectivity index (χ2v) is 4.00. The van der Waals surface area contributed by atoms with Crippen molar-refractivity contribution in [2.45, 2.75) is 32.2 Å². The van der Waals surface area contributed by atoms with Crippen LogP contribution in [0.1, 0.15) is 29.3 Å². The maximum Gasteiger partial charge on any atom is 0.326 e. The average Bonchev–Trinajstić information content (AvgIpc) is 2.37. The van der Waals surface area contributed by atoms with Gasteiger partial charge in [-0.1, -0.05) is 25.1 Å². The number of halogens is 2. The van der Waals surface area contributed by atoms with Crippen molar-refractivity contribution >= 4 is 11.9 Å². The monoisotopic (exact) mass is 271 g/mol. The third-order valence-electron chi connectivity index (χ3n) is 2.66. The fourth-order valence-corrected chi connectivity index (χ4v) is 1.69. The molecule has 1 unspecified atom stereocenters. The van der Waals surface area contributed by atoms with Crippen molar-refractivity contribution in [2.75, 3.05) is 0 Å². The highest BCUT2D eigenvalue weighted by Crippen LogP contribution is 2.11. The van der Waals surface area contributed by atoms with Crippen LogP contribution in [0.15, 0.2) is 24.3 Å². The van der Waals surface area contributed by atoms with Crippen molar-refractivity contribution in [3.05, 3.63) is 35.4 Å². The molecule has 1 rings (SSSR count). The summed E-state index contributed by atoms with van der Waals surface area (Å²) in [5.74, 6) is -2.12. The highest BCUT2D eigenvalue weighted by Gasteiger charge is 2.25. The van der Waals surface area contributed by atoms with Crippen molar-refractivity contribution in [1.29, 1.82) is 0 Å². The van der Waals surface area contributed by atoms with Crippen molar-refractivity contribution in [2.24, 2.45) is 0 Å². The van der Waals surface area contributed by atoms with E-state index in [2.05, 4.69) is 5.32 Å². The first kappa shape index (κ1) is 15.1. The standard InChI is InChI=1S/C13H15F2NO3/c1-2-8-5-3-4-6-9(8)12(17)16-10(13(18)19)7-11(14)15/h3-6,10-11H,2,7H2,1H3,(H,16,17)(H,18,19). The van der Waals surface area contributed by atoms with Crippen molar-refractivity contribution < 1.29 is 23.5 Å². The van der Waals surface area contributed by atoms with Crippen LogP contribution < -0.4 is 5.32 Å². The summed E-state index contributed by atoms with van der Waals surface area (Å²) in [6.45, 7) is 1.85. The molecule has 0 heterocycles. The van der Waals surface area contributed by atoms with Gasteiger partial charge in [0.2, 0.25) is 6.43 Å². The lowest BCUT2D eigenvalue weighted by molar-refractivity contribution is -0.140. The number of aryl methyl sites for hydroxylation is 1. The van der Waals surface area contributed by atoms with Gasteiger partial charge in [0.1, 0.15) is 6.04 Å².